The van der Waals surface area contributed by atoms with Gasteiger partial charge in [0.05, 0.1) is 13.2 Å². The number of rotatable bonds is 2. The van der Waals surface area contributed by atoms with Gasteiger partial charge in [-0.2, -0.15) is 0 Å². The van der Waals surface area contributed by atoms with E-state index in [1.807, 2.05) is 0 Å². The Kier molecular flexibility index (Phi) is 2.66. The summed E-state index contributed by atoms with van der Waals surface area (Å²) >= 11 is 0. The average molecular weight is 169 g/mol. The van der Waals surface area contributed by atoms with Gasteiger partial charge in [0.2, 0.25) is 0 Å². The highest BCUT2D eigenvalue weighted by Gasteiger charge is 2.33. The van der Waals surface area contributed by atoms with Crippen LogP contribution in [0.5, 0.6) is 0 Å². The smallest absolute Gasteiger partial charge is 0.0622 e. The molecule has 0 amide bonds. The van der Waals surface area contributed by atoms with E-state index < -0.39 is 0 Å². The SMILES string of the molecule is CCCN1C2CCCC1COC2. The summed E-state index contributed by atoms with van der Waals surface area (Å²) in [6.45, 7) is 5.51. The van der Waals surface area contributed by atoms with E-state index in [0.717, 1.165) is 25.3 Å². The maximum atomic E-state index is 5.57. The number of ether oxygens (including phenoxy) is 1. The van der Waals surface area contributed by atoms with Gasteiger partial charge in [-0.05, 0) is 25.8 Å². The van der Waals surface area contributed by atoms with Gasteiger partial charge < -0.3 is 4.74 Å². The van der Waals surface area contributed by atoms with Crippen molar-refractivity contribution in [1.82, 2.24) is 4.90 Å². The van der Waals surface area contributed by atoms with E-state index in [0.29, 0.717) is 0 Å². The van der Waals surface area contributed by atoms with Crippen LogP contribution in [0.2, 0.25) is 0 Å². The molecule has 70 valence electrons. The third kappa shape index (κ3) is 1.50. The zero-order chi connectivity index (χ0) is 8.39. The molecule has 2 saturated heterocycles. The van der Waals surface area contributed by atoms with Crippen LogP contribution in [0.15, 0.2) is 0 Å². The van der Waals surface area contributed by atoms with E-state index in [1.165, 1.54) is 32.2 Å². The molecule has 2 unspecified atom stereocenters. The molecule has 0 aromatic carbocycles. The molecule has 0 N–H and O–H groups in total. The van der Waals surface area contributed by atoms with Crippen LogP contribution in [-0.2, 0) is 4.74 Å². The number of piperidine rings is 1. The second-order valence-electron chi connectivity index (χ2n) is 4.01. The molecular formula is C10H19NO. The molecule has 2 rings (SSSR count). The minimum atomic E-state index is 0.748. The van der Waals surface area contributed by atoms with Crippen molar-refractivity contribution in [2.45, 2.75) is 44.7 Å². The summed E-state index contributed by atoms with van der Waals surface area (Å²) in [5.74, 6) is 0. The normalized spacial score (nSPS) is 36.8. The van der Waals surface area contributed by atoms with Gasteiger partial charge in [0, 0.05) is 12.1 Å². The second kappa shape index (κ2) is 3.75. The van der Waals surface area contributed by atoms with E-state index in [9.17, 15) is 0 Å². The van der Waals surface area contributed by atoms with Gasteiger partial charge in [-0.3, -0.25) is 4.90 Å². The molecule has 0 aromatic heterocycles. The summed E-state index contributed by atoms with van der Waals surface area (Å²) in [5, 5.41) is 0. The van der Waals surface area contributed by atoms with E-state index >= 15 is 0 Å². The van der Waals surface area contributed by atoms with Gasteiger partial charge in [0.15, 0.2) is 0 Å². The Hall–Kier alpha value is -0.0800. The molecule has 2 aliphatic heterocycles. The quantitative estimate of drug-likeness (QED) is 0.623. The minimum absolute atomic E-state index is 0.748. The van der Waals surface area contributed by atoms with Crippen molar-refractivity contribution >= 4 is 0 Å². The average Bonchev–Trinajstić information content (AvgIpc) is 2.04. The van der Waals surface area contributed by atoms with Crippen molar-refractivity contribution in [2.24, 2.45) is 0 Å². The maximum absolute atomic E-state index is 5.57. The molecule has 0 radical (unpaired) electrons. The fourth-order valence-electron chi connectivity index (χ4n) is 2.54. The molecule has 0 spiro atoms. The van der Waals surface area contributed by atoms with Crippen LogP contribution in [0.3, 0.4) is 0 Å². The molecule has 0 aliphatic carbocycles. The van der Waals surface area contributed by atoms with Gasteiger partial charge in [-0.15, -0.1) is 0 Å². The summed E-state index contributed by atoms with van der Waals surface area (Å²) in [6.07, 6.45) is 5.42. The first kappa shape index (κ1) is 8.52. The van der Waals surface area contributed by atoms with Crippen molar-refractivity contribution in [1.29, 1.82) is 0 Å². The zero-order valence-corrected chi connectivity index (χ0v) is 7.96. The van der Waals surface area contributed by atoms with Crippen molar-refractivity contribution in [2.75, 3.05) is 19.8 Å². The summed E-state index contributed by atoms with van der Waals surface area (Å²) in [7, 11) is 0. The Morgan fingerprint density at radius 3 is 2.50 bits per heavy atom. The lowest BCUT2D eigenvalue weighted by atomic mass is 9.94. The standard InChI is InChI=1S/C10H19NO/c1-2-6-11-9-4-3-5-10(11)8-12-7-9/h9-10H,2-8H2,1H3. The molecule has 2 nitrogen and oxygen atoms in total. The van der Waals surface area contributed by atoms with Crippen molar-refractivity contribution in [3.8, 4) is 0 Å². The molecule has 12 heavy (non-hydrogen) atoms. The van der Waals surface area contributed by atoms with E-state index in [2.05, 4.69) is 11.8 Å². The number of fused-ring (bicyclic) bond motifs is 2. The molecule has 2 aliphatic rings. The van der Waals surface area contributed by atoms with Gasteiger partial charge in [0.1, 0.15) is 0 Å². The van der Waals surface area contributed by atoms with Crippen LogP contribution in [-0.4, -0.2) is 36.7 Å². The summed E-state index contributed by atoms with van der Waals surface area (Å²) in [5.41, 5.74) is 0. The molecule has 2 bridgehead atoms. The van der Waals surface area contributed by atoms with Gasteiger partial charge in [-0.1, -0.05) is 13.3 Å². The van der Waals surface area contributed by atoms with Crippen molar-refractivity contribution in [3.63, 3.8) is 0 Å². The van der Waals surface area contributed by atoms with Crippen molar-refractivity contribution in [3.05, 3.63) is 0 Å². The number of nitrogens with zero attached hydrogens (tertiary/aromatic N) is 1. The lowest BCUT2D eigenvalue weighted by molar-refractivity contribution is -0.0727. The zero-order valence-electron chi connectivity index (χ0n) is 7.96. The van der Waals surface area contributed by atoms with E-state index in [1.54, 1.807) is 0 Å². The summed E-state index contributed by atoms with van der Waals surface area (Å²) in [4.78, 5) is 2.67. The first-order valence-electron chi connectivity index (χ1n) is 5.25. The second-order valence-corrected chi connectivity index (χ2v) is 4.01. The molecule has 2 atom stereocenters. The highest BCUT2D eigenvalue weighted by Crippen LogP contribution is 2.26. The maximum Gasteiger partial charge on any atom is 0.0622 e. The topological polar surface area (TPSA) is 12.5 Å². The number of hydrogen-bond donors (Lipinski definition) is 0. The van der Waals surface area contributed by atoms with Crippen LogP contribution in [0, 0.1) is 0 Å². The first-order chi connectivity index (χ1) is 5.92. The highest BCUT2D eigenvalue weighted by atomic mass is 16.5. The van der Waals surface area contributed by atoms with Crippen LogP contribution in [0.25, 0.3) is 0 Å². The third-order valence-electron chi connectivity index (χ3n) is 3.12. The van der Waals surface area contributed by atoms with Gasteiger partial charge in [-0.25, -0.2) is 0 Å². The van der Waals surface area contributed by atoms with Crippen LogP contribution in [0.4, 0.5) is 0 Å². The van der Waals surface area contributed by atoms with Crippen LogP contribution >= 0.6 is 0 Å². The molecule has 2 heteroatoms. The molecular weight excluding hydrogens is 150 g/mol. The van der Waals surface area contributed by atoms with E-state index in [4.69, 9.17) is 4.74 Å². The fourth-order valence-corrected chi connectivity index (χ4v) is 2.54. The van der Waals surface area contributed by atoms with E-state index in [-0.39, 0.29) is 0 Å². The van der Waals surface area contributed by atoms with Crippen LogP contribution in [0.1, 0.15) is 32.6 Å². The minimum Gasteiger partial charge on any atom is -0.378 e. The Bertz CT molecular complexity index is 127. The highest BCUT2D eigenvalue weighted by molar-refractivity contribution is 4.87. The fraction of sp³-hybridized carbons (Fsp3) is 1.00. The summed E-state index contributed by atoms with van der Waals surface area (Å²) < 4.78 is 5.57. The molecule has 0 saturated carbocycles. The Morgan fingerprint density at radius 2 is 1.92 bits per heavy atom. The molecule has 0 aromatic rings. The van der Waals surface area contributed by atoms with Gasteiger partial charge >= 0.3 is 0 Å². The largest absolute Gasteiger partial charge is 0.378 e. The predicted octanol–water partition coefficient (Wildman–Crippen LogP) is 1.65. The predicted molar refractivity (Wildman–Crippen MR) is 49.2 cm³/mol. The van der Waals surface area contributed by atoms with Gasteiger partial charge in [0.25, 0.3) is 0 Å². The monoisotopic (exact) mass is 169 g/mol. The lowest BCUT2D eigenvalue weighted by Gasteiger charge is -2.45. The first-order valence-corrected chi connectivity index (χ1v) is 5.25. The Balaban J connectivity index is 1.98. The Morgan fingerprint density at radius 1 is 1.25 bits per heavy atom. The third-order valence-corrected chi connectivity index (χ3v) is 3.12. The molecule has 2 heterocycles. The number of hydrogen-bond acceptors (Lipinski definition) is 2. The molecule has 2 fully saturated rings. The van der Waals surface area contributed by atoms with Crippen molar-refractivity contribution < 1.29 is 4.74 Å². The Labute approximate surface area is 74.9 Å². The summed E-state index contributed by atoms with van der Waals surface area (Å²) in [6, 6.07) is 1.50. The number of morpholine rings is 1. The van der Waals surface area contributed by atoms with Crippen LogP contribution < -0.4 is 0 Å². The lowest BCUT2D eigenvalue weighted by Crippen LogP contribution is -2.54.